The number of aromatic carboxylic acids is 1. The molecule has 1 saturated carbocycles. The van der Waals surface area contributed by atoms with Crippen molar-refractivity contribution in [1.82, 2.24) is 9.47 Å². The van der Waals surface area contributed by atoms with Crippen LogP contribution in [0.25, 0.3) is 16.5 Å². The van der Waals surface area contributed by atoms with Crippen molar-refractivity contribution in [2.24, 2.45) is 0 Å². The van der Waals surface area contributed by atoms with Crippen LogP contribution in [0.15, 0.2) is 59.4 Å². The van der Waals surface area contributed by atoms with Gasteiger partial charge >= 0.3 is 5.97 Å². The SMILES string of the molecule is CN(Cc1c(C(=O)O)c2ccccc2c(=O)n1-c1ccccc1)C1CCCC1. The van der Waals surface area contributed by atoms with Crippen molar-refractivity contribution in [3.8, 4) is 5.69 Å². The van der Waals surface area contributed by atoms with Gasteiger partial charge in [0.05, 0.1) is 11.3 Å². The van der Waals surface area contributed by atoms with Gasteiger partial charge in [0, 0.05) is 29.0 Å². The van der Waals surface area contributed by atoms with Crippen molar-refractivity contribution in [3.05, 3.63) is 76.2 Å². The fraction of sp³-hybridized carbons (Fsp3) is 0.304. The van der Waals surface area contributed by atoms with E-state index in [9.17, 15) is 14.7 Å². The van der Waals surface area contributed by atoms with Crippen LogP contribution in [0.1, 0.15) is 41.7 Å². The van der Waals surface area contributed by atoms with Crippen LogP contribution in [0, 0.1) is 0 Å². The number of carboxylic acid groups (broad SMARTS) is 1. The zero-order valence-electron chi connectivity index (χ0n) is 16.0. The van der Waals surface area contributed by atoms with Crippen molar-refractivity contribution in [2.45, 2.75) is 38.3 Å². The molecule has 144 valence electrons. The third-order valence-electron chi connectivity index (χ3n) is 5.76. The maximum Gasteiger partial charge on any atom is 0.338 e. The Kier molecular flexibility index (Phi) is 5.01. The Morgan fingerprint density at radius 3 is 2.29 bits per heavy atom. The van der Waals surface area contributed by atoms with E-state index >= 15 is 0 Å². The summed E-state index contributed by atoms with van der Waals surface area (Å²) in [4.78, 5) is 27.9. The van der Waals surface area contributed by atoms with Gasteiger partial charge < -0.3 is 5.11 Å². The summed E-state index contributed by atoms with van der Waals surface area (Å²) in [7, 11) is 2.02. The minimum atomic E-state index is -1.00. The largest absolute Gasteiger partial charge is 0.478 e. The lowest BCUT2D eigenvalue weighted by atomic mass is 10.0. The number of rotatable bonds is 5. The van der Waals surface area contributed by atoms with Gasteiger partial charge in [-0.15, -0.1) is 0 Å². The summed E-state index contributed by atoms with van der Waals surface area (Å²) in [5.74, 6) is -1.00. The topological polar surface area (TPSA) is 62.5 Å². The van der Waals surface area contributed by atoms with Crippen LogP contribution >= 0.6 is 0 Å². The predicted octanol–water partition coefficient (Wildman–Crippen LogP) is 4.06. The second-order valence-electron chi connectivity index (χ2n) is 7.50. The number of carbonyl (C=O) groups is 1. The fourth-order valence-electron chi connectivity index (χ4n) is 4.35. The van der Waals surface area contributed by atoms with Crippen LogP contribution in [-0.2, 0) is 6.54 Å². The molecular formula is C23H24N2O3. The highest BCUT2D eigenvalue weighted by Crippen LogP contribution is 2.27. The Balaban J connectivity index is 2.00. The molecule has 1 N–H and O–H groups in total. The minimum Gasteiger partial charge on any atom is -0.478 e. The van der Waals surface area contributed by atoms with Crippen molar-refractivity contribution in [3.63, 3.8) is 0 Å². The maximum absolute atomic E-state index is 13.4. The Morgan fingerprint density at radius 2 is 1.64 bits per heavy atom. The molecule has 0 atom stereocenters. The molecule has 5 nitrogen and oxygen atoms in total. The second kappa shape index (κ2) is 7.60. The van der Waals surface area contributed by atoms with E-state index in [4.69, 9.17) is 0 Å². The first-order chi connectivity index (χ1) is 13.6. The summed E-state index contributed by atoms with van der Waals surface area (Å²) in [6.45, 7) is 0.418. The number of benzene rings is 2. The van der Waals surface area contributed by atoms with Gasteiger partial charge in [-0.1, -0.05) is 49.2 Å². The summed E-state index contributed by atoms with van der Waals surface area (Å²) in [5.41, 5.74) is 1.26. The van der Waals surface area contributed by atoms with Crippen LogP contribution in [-0.4, -0.2) is 33.6 Å². The molecule has 0 unspecified atom stereocenters. The van der Waals surface area contributed by atoms with E-state index < -0.39 is 5.97 Å². The summed E-state index contributed by atoms with van der Waals surface area (Å²) in [6, 6.07) is 16.7. The van der Waals surface area contributed by atoms with Gasteiger partial charge in [-0.05, 0) is 38.1 Å². The summed E-state index contributed by atoms with van der Waals surface area (Å²) in [5, 5.41) is 11.0. The molecule has 28 heavy (non-hydrogen) atoms. The van der Waals surface area contributed by atoms with Crippen LogP contribution in [0.3, 0.4) is 0 Å². The van der Waals surface area contributed by atoms with Gasteiger partial charge in [0.15, 0.2) is 0 Å². The Hall–Kier alpha value is -2.92. The van der Waals surface area contributed by atoms with E-state index in [1.807, 2.05) is 37.4 Å². The molecule has 5 heteroatoms. The molecule has 0 aliphatic heterocycles. The van der Waals surface area contributed by atoms with E-state index in [2.05, 4.69) is 4.90 Å². The predicted molar refractivity (Wildman–Crippen MR) is 110 cm³/mol. The Labute approximate surface area is 163 Å². The van der Waals surface area contributed by atoms with Gasteiger partial charge in [0.2, 0.25) is 0 Å². The molecule has 0 amide bonds. The molecule has 1 aliphatic rings. The molecule has 1 fully saturated rings. The first-order valence-electron chi connectivity index (χ1n) is 9.73. The zero-order valence-corrected chi connectivity index (χ0v) is 16.0. The van der Waals surface area contributed by atoms with E-state index in [1.165, 1.54) is 12.8 Å². The molecule has 1 aromatic heterocycles. The normalized spacial score (nSPS) is 14.8. The smallest absolute Gasteiger partial charge is 0.338 e. The maximum atomic E-state index is 13.4. The second-order valence-corrected chi connectivity index (χ2v) is 7.50. The third kappa shape index (κ3) is 3.22. The van der Waals surface area contributed by atoms with E-state index in [-0.39, 0.29) is 11.1 Å². The summed E-state index contributed by atoms with van der Waals surface area (Å²) >= 11 is 0. The minimum absolute atomic E-state index is 0.179. The molecule has 1 aliphatic carbocycles. The fourth-order valence-corrected chi connectivity index (χ4v) is 4.35. The lowest BCUT2D eigenvalue weighted by Crippen LogP contribution is -2.34. The van der Waals surface area contributed by atoms with Crippen molar-refractivity contribution in [2.75, 3.05) is 7.05 Å². The van der Waals surface area contributed by atoms with Crippen molar-refractivity contribution < 1.29 is 9.90 Å². The van der Waals surface area contributed by atoms with Crippen LogP contribution in [0.2, 0.25) is 0 Å². The lowest BCUT2D eigenvalue weighted by molar-refractivity contribution is 0.0695. The van der Waals surface area contributed by atoms with E-state index in [1.54, 1.807) is 28.8 Å². The van der Waals surface area contributed by atoms with Crippen molar-refractivity contribution in [1.29, 1.82) is 0 Å². The van der Waals surface area contributed by atoms with Gasteiger partial charge in [-0.2, -0.15) is 0 Å². The van der Waals surface area contributed by atoms with Crippen LogP contribution < -0.4 is 5.56 Å². The Morgan fingerprint density at radius 1 is 1.04 bits per heavy atom. The molecule has 0 radical (unpaired) electrons. The summed E-state index contributed by atoms with van der Waals surface area (Å²) in [6.07, 6.45) is 4.62. The van der Waals surface area contributed by atoms with E-state index in [0.717, 1.165) is 12.8 Å². The molecular weight excluding hydrogens is 352 g/mol. The molecule has 1 heterocycles. The van der Waals surface area contributed by atoms with Crippen LogP contribution in [0.4, 0.5) is 0 Å². The Bertz CT molecular complexity index is 1070. The van der Waals surface area contributed by atoms with Gasteiger partial charge in [-0.25, -0.2) is 4.79 Å². The summed E-state index contributed by atoms with van der Waals surface area (Å²) < 4.78 is 1.58. The zero-order chi connectivity index (χ0) is 19.7. The first kappa shape index (κ1) is 18.4. The van der Waals surface area contributed by atoms with Crippen LogP contribution in [0.5, 0.6) is 0 Å². The number of hydrogen-bond acceptors (Lipinski definition) is 3. The van der Waals surface area contributed by atoms with E-state index in [0.29, 0.717) is 34.7 Å². The molecule has 2 aromatic carbocycles. The highest BCUT2D eigenvalue weighted by molar-refractivity contribution is 6.04. The van der Waals surface area contributed by atoms with Gasteiger partial charge in [0.1, 0.15) is 0 Å². The molecule has 4 rings (SSSR count). The highest BCUT2D eigenvalue weighted by Gasteiger charge is 2.26. The number of nitrogens with zero attached hydrogens (tertiary/aromatic N) is 2. The average Bonchev–Trinajstić information content (AvgIpc) is 3.24. The third-order valence-corrected chi connectivity index (χ3v) is 5.76. The lowest BCUT2D eigenvalue weighted by Gasteiger charge is -2.27. The monoisotopic (exact) mass is 376 g/mol. The quantitative estimate of drug-likeness (QED) is 0.729. The average molecular weight is 376 g/mol. The number of carboxylic acids is 1. The molecule has 3 aromatic rings. The van der Waals surface area contributed by atoms with Gasteiger partial charge in [0.25, 0.3) is 5.56 Å². The number of para-hydroxylation sites is 1. The standard InChI is InChI=1S/C23H24N2O3/c1-24(16-9-5-6-10-16)15-20-21(23(27)28)18-13-7-8-14-19(18)22(26)25(20)17-11-3-2-4-12-17/h2-4,7-8,11-14,16H,5-6,9-10,15H2,1H3,(H,27,28). The number of pyridine rings is 1. The highest BCUT2D eigenvalue weighted by atomic mass is 16.4. The van der Waals surface area contributed by atoms with Gasteiger partial charge in [-0.3, -0.25) is 14.3 Å². The molecule has 0 spiro atoms. The molecule has 0 bridgehead atoms. The first-order valence-corrected chi connectivity index (χ1v) is 9.73. The number of fused-ring (bicyclic) bond motifs is 1. The molecule has 0 saturated heterocycles. The van der Waals surface area contributed by atoms with Crippen molar-refractivity contribution >= 4 is 16.7 Å². The number of hydrogen-bond donors (Lipinski definition) is 1. The number of aromatic nitrogens is 1.